The number of carbonyl (C=O) groups excluding carboxylic acids is 6. The molecule has 0 aromatic rings. The zero-order chi connectivity index (χ0) is 35.9. The molecule has 1 aliphatic carbocycles. The molecule has 2 heterocycles. The Kier molecular flexibility index (Phi) is 17.4. The average molecular weight is 810 g/mol. The summed E-state index contributed by atoms with van der Waals surface area (Å²) in [6.07, 6.45) is 3.96. The molecule has 6 N–H and O–H groups in total. The van der Waals surface area contributed by atoms with Gasteiger partial charge in [-0.3, -0.25) is 33.8 Å². The van der Waals surface area contributed by atoms with Crippen LogP contribution in [0.1, 0.15) is 45.4 Å². The van der Waals surface area contributed by atoms with E-state index in [2.05, 4.69) is 21.3 Å². The topological polar surface area (TPSA) is 232 Å². The molecule has 0 unspecified atom stereocenters. The molecule has 21 heteroatoms. The van der Waals surface area contributed by atoms with Gasteiger partial charge >= 0.3 is 25.0 Å². The Morgan fingerprint density at radius 2 is 1.69 bits per heavy atom. The fraction of sp³-hybridized carbons (Fsp3) is 0.786. The van der Waals surface area contributed by atoms with Gasteiger partial charge in [0.2, 0.25) is 23.1 Å². The smallest absolute Gasteiger partial charge is 0.426 e. The summed E-state index contributed by atoms with van der Waals surface area (Å²) in [7, 11) is -0.0959. The summed E-state index contributed by atoms with van der Waals surface area (Å²) in [5.74, 6) is -3.82. The third-order valence-electron chi connectivity index (χ3n) is 8.51. The number of nitrogens with zero attached hydrogens (tertiary/aromatic N) is 4. The number of hydrogen-bond donors (Lipinski definition) is 6. The maximum Gasteiger partial charge on any atom is 0.475 e. The van der Waals surface area contributed by atoms with Gasteiger partial charge in [0.05, 0.1) is 25.6 Å². The molecule has 2 aliphatic heterocycles. The number of likely N-dealkylation sites (tertiary alicyclic amines) is 1. The van der Waals surface area contributed by atoms with Crippen molar-refractivity contribution in [1.29, 1.82) is 0 Å². The summed E-state index contributed by atoms with van der Waals surface area (Å²) >= 11 is 1.95. The minimum absolute atomic E-state index is 0.0586. The Morgan fingerprint density at radius 1 is 1.00 bits per heavy atom. The second-order valence-electron chi connectivity index (χ2n) is 12.3. The van der Waals surface area contributed by atoms with Crippen LogP contribution in [0.3, 0.4) is 0 Å². The molecular weight excluding hydrogens is 762 g/mol. The maximum atomic E-state index is 12.9. The van der Waals surface area contributed by atoms with E-state index in [0.717, 1.165) is 12.8 Å². The molecule has 3 fully saturated rings. The van der Waals surface area contributed by atoms with Crippen LogP contribution in [0, 0.1) is 11.8 Å². The summed E-state index contributed by atoms with van der Waals surface area (Å²) in [6.45, 7) is 3.58. The zero-order valence-electron chi connectivity index (χ0n) is 27.9. The van der Waals surface area contributed by atoms with Gasteiger partial charge in [-0.2, -0.15) is 0 Å². The molecule has 0 aromatic heterocycles. The molecule has 49 heavy (non-hydrogen) atoms. The molecule has 3 aliphatic rings. The highest BCUT2D eigenvalue weighted by atomic mass is 127. The number of halogens is 1. The SMILES string of the molecule is CNCC(=O)ON1OC(=O)CN(I)CCN(CCNCC(=O)NCC2CCC(C(=O)N[C@H](C)C(=O)N3CCC[C@H]3B(O)O)CC2)CC(=O)O1. The van der Waals surface area contributed by atoms with Crippen LogP contribution >= 0.6 is 22.9 Å². The van der Waals surface area contributed by atoms with E-state index in [1.807, 2.05) is 22.9 Å². The quantitative estimate of drug-likeness (QED) is 0.0441. The molecule has 19 nitrogen and oxygen atoms in total. The van der Waals surface area contributed by atoms with Gasteiger partial charge in [-0.1, -0.05) is 0 Å². The van der Waals surface area contributed by atoms with E-state index >= 15 is 0 Å². The number of carbonyl (C=O) groups is 6. The Hall–Kier alpha value is -2.67. The van der Waals surface area contributed by atoms with Crippen molar-refractivity contribution >= 4 is 65.6 Å². The van der Waals surface area contributed by atoms with Crippen LogP contribution in [0.4, 0.5) is 0 Å². The maximum absolute atomic E-state index is 12.9. The standard InChI is InChI=1S/C28H48BIN8O11/c1-19(28(44)37-10-3-4-22(37)29(45)46)34-27(43)21-7-5-20(6-8-21)14-33-23(39)15-32-9-11-35-12-13-36(30)18-26(42)49-38(48-25(41)17-35)47-24(40)16-31-2/h19-22,31-32,45-46H,3-18H2,1-2H3,(H,33,39)(H,34,43)/t19-,20?,21?,22+/m1/s1. The normalized spacial score (nSPS) is 23.9. The first-order chi connectivity index (χ1) is 23.4. The van der Waals surface area contributed by atoms with Gasteiger partial charge in [0.1, 0.15) is 12.6 Å². The molecule has 3 amide bonds. The molecular formula is C28H48BIN8O11. The van der Waals surface area contributed by atoms with Crippen molar-refractivity contribution < 1.29 is 53.3 Å². The van der Waals surface area contributed by atoms with E-state index in [0.29, 0.717) is 65.0 Å². The molecule has 0 radical (unpaired) electrons. The third kappa shape index (κ3) is 14.2. The van der Waals surface area contributed by atoms with E-state index in [4.69, 9.17) is 14.5 Å². The van der Waals surface area contributed by atoms with E-state index in [1.54, 1.807) is 14.9 Å². The van der Waals surface area contributed by atoms with Crippen LogP contribution in [0.25, 0.3) is 0 Å². The van der Waals surface area contributed by atoms with Crippen molar-refractivity contribution in [2.75, 3.05) is 72.5 Å². The van der Waals surface area contributed by atoms with Crippen molar-refractivity contribution in [3.63, 3.8) is 0 Å². The Morgan fingerprint density at radius 3 is 2.37 bits per heavy atom. The van der Waals surface area contributed by atoms with Gasteiger partial charge in [-0.25, -0.2) is 17.5 Å². The highest BCUT2D eigenvalue weighted by Gasteiger charge is 2.39. The molecule has 1 saturated carbocycles. The minimum atomic E-state index is -1.61. The first kappa shape index (κ1) is 40.8. The Bertz CT molecular complexity index is 1150. The fourth-order valence-corrected chi connectivity index (χ4v) is 6.36. The average Bonchev–Trinajstić information content (AvgIpc) is 3.54. The summed E-state index contributed by atoms with van der Waals surface area (Å²) in [4.78, 5) is 92.3. The predicted molar refractivity (Wildman–Crippen MR) is 180 cm³/mol. The van der Waals surface area contributed by atoms with Gasteiger partial charge in [0.25, 0.3) is 0 Å². The molecule has 276 valence electrons. The number of nitrogens with one attached hydrogen (secondary N) is 4. The second kappa shape index (κ2) is 20.9. The van der Waals surface area contributed by atoms with Crippen molar-refractivity contribution in [3.8, 4) is 0 Å². The summed E-state index contributed by atoms with van der Waals surface area (Å²) in [6, 6.07) is -0.765. The van der Waals surface area contributed by atoms with Crippen molar-refractivity contribution in [2.24, 2.45) is 11.8 Å². The van der Waals surface area contributed by atoms with Crippen molar-refractivity contribution in [3.05, 3.63) is 0 Å². The molecule has 2 atom stereocenters. The highest BCUT2D eigenvalue weighted by molar-refractivity contribution is 14.1. The fourth-order valence-electron chi connectivity index (χ4n) is 5.87. The monoisotopic (exact) mass is 810 g/mol. The largest absolute Gasteiger partial charge is 0.475 e. The van der Waals surface area contributed by atoms with Gasteiger partial charge in [-0.05, 0) is 58.4 Å². The lowest BCUT2D eigenvalue weighted by molar-refractivity contribution is -0.463. The van der Waals surface area contributed by atoms with Crippen LogP contribution in [-0.4, -0.2) is 156 Å². The van der Waals surface area contributed by atoms with Crippen molar-refractivity contribution in [2.45, 2.75) is 57.4 Å². The van der Waals surface area contributed by atoms with Gasteiger partial charge in [-0.15, -0.1) is 0 Å². The first-order valence-electron chi connectivity index (χ1n) is 16.5. The highest BCUT2D eigenvalue weighted by Crippen LogP contribution is 2.29. The van der Waals surface area contributed by atoms with Gasteiger partial charge < -0.3 is 36.2 Å². The number of rotatable bonds is 14. The molecule has 2 saturated heterocycles. The lowest BCUT2D eigenvalue weighted by Gasteiger charge is -2.30. The van der Waals surface area contributed by atoms with Gasteiger partial charge in [0.15, 0.2) is 0 Å². The lowest BCUT2D eigenvalue weighted by Crippen LogP contribution is -2.53. The van der Waals surface area contributed by atoms with E-state index < -0.39 is 37.0 Å². The van der Waals surface area contributed by atoms with Crippen molar-refractivity contribution in [1.82, 2.24) is 39.6 Å². The van der Waals surface area contributed by atoms with E-state index in [-0.39, 0.29) is 61.1 Å². The van der Waals surface area contributed by atoms with Crippen LogP contribution in [0.5, 0.6) is 0 Å². The first-order valence-corrected chi connectivity index (χ1v) is 17.5. The predicted octanol–water partition coefficient (Wildman–Crippen LogP) is -3.13. The third-order valence-corrected chi connectivity index (χ3v) is 9.34. The molecule has 0 aromatic carbocycles. The summed E-state index contributed by atoms with van der Waals surface area (Å²) in [5, 5.41) is 30.6. The van der Waals surface area contributed by atoms with E-state index in [9.17, 15) is 38.8 Å². The number of likely N-dealkylation sites (N-methyl/N-ethyl adjacent to an activating group) is 1. The Balaban J connectivity index is 1.33. The molecule has 0 spiro atoms. The summed E-state index contributed by atoms with van der Waals surface area (Å²) in [5.41, 5.74) is 0. The summed E-state index contributed by atoms with van der Waals surface area (Å²) < 4.78 is 1.65. The Labute approximate surface area is 299 Å². The van der Waals surface area contributed by atoms with E-state index in [1.165, 1.54) is 11.9 Å². The van der Waals surface area contributed by atoms with Crippen LogP contribution in [-0.2, 0) is 43.3 Å². The minimum Gasteiger partial charge on any atom is -0.426 e. The van der Waals surface area contributed by atoms with Gasteiger partial charge in [0, 0.05) is 68.1 Å². The molecule has 3 rings (SSSR count). The van der Waals surface area contributed by atoms with Crippen LogP contribution in [0.2, 0.25) is 0 Å². The number of hydrogen-bond acceptors (Lipinski definition) is 16. The molecule has 0 bridgehead atoms. The second-order valence-corrected chi connectivity index (χ2v) is 13.7. The number of amides is 3. The van der Waals surface area contributed by atoms with Crippen LogP contribution < -0.4 is 21.3 Å². The zero-order valence-corrected chi connectivity index (χ0v) is 30.1. The van der Waals surface area contributed by atoms with Crippen LogP contribution in [0.15, 0.2) is 0 Å². The lowest BCUT2D eigenvalue weighted by atomic mass is 9.77.